The van der Waals surface area contributed by atoms with Crippen molar-refractivity contribution in [3.8, 4) is 0 Å². The normalized spacial score (nSPS) is 12.5. The average Bonchev–Trinajstić information content (AvgIpc) is 2.86. The molecule has 3 aromatic rings. The number of halogens is 2. The van der Waals surface area contributed by atoms with E-state index in [1.54, 1.807) is 39.0 Å². The summed E-state index contributed by atoms with van der Waals surface area (Å²) in [5.41, 5.74) is 0.458. The molecule has 0 radical (unpaired) electrons. The summed E-state index contributed by atoms with van der Waals surface area (Å²) >= 11 is 0. The molecule has 0 saturated heterocycles. The Morgan fingerprint density at radius 1 is 0.923 bits per heavy atom. The fourth-order valence-corrected chi connectivity index (χ4v) is 5.25. The number of benzene rings is 3. The largest absolute Gasteiger partial charge is 0.350 e. The maximum atomic E-state index is 14.6. The Morgan fingerprint density at radius 2 is 1.51 bits per heavy atom. The molecule has 1 N–H and O–H groups in total. The molecule has 0 aliphatic carbocycles. The second-order valence-corrected chi connectivity index (χ2v) is 12.2. The molecule has 1 unspecified atom stereocenters. The van der Waals surface area contributed by atoms with Crippen molar-refractivity contribution in [1.29, 1.82) is 0 Å². The molecule has 0 saturated carbocycles. The van der Waals surface area contributed by atoms with Crippen LogP contribution in [0.3, 0.4) is 0 Å². The molecule has 0 aliphatic heterocycles. The molecule has 208 valence electrons. The molecule has 0 bridgehead atoms. The quantitative estimate of drug-likeness (QED) is 0.410. The van der Waals surface area contributed by atoms with E-state index in [2.05, 4.69) is 5.32 Å². The first-order valence-corrected chi connectivity index (χ1v) is 13.8. The summed E-state index contributed by atoms with van der Waals surface area (Å²) in [7, 11) is -4.28. The van der Waals surface area contributed by atoms with E-state index >= 15 is 0 Å². The Balaban J connectivity index is 2.04. The SMILES string of the molecule is Cc1ccc(S(=O)(=O)N(CC(=O)N(Cc2ccccc2F)C(C)C(=O)NC(C)(C)C)c2ccc(F)cc2)cc1. The zero-order valence-electron chi connectivity index (χ0n) is 22.6. The van der Waals surface area contributed by atoms with Gasteiger partial charge in [-0.15, -0.1) is 0 Å². The minimum Gasteiger partial charge on any atom is -0.350 e. The van der Waals surface area contributed by atoms with Gasteiger partial charge in [0.05, 0.1) is 10.6 Å². The molecule has 0 heterocycles. The molecular weight excluding hydrogens is 524 g/mol. The maximum Gasteiger partial charge on any atom is 0.264 e. The Morgan fingerprint density at radius 3 is 2.08 bits per heavy atom. The highest BCUT2D eigenvalue weighted by atomic mass is 32.2. The number of carbonyl (C=O) groups is 2. The first-order valence-electron chi connectivity index (χ1n) is 12.4. The zero-order chi connectivity index (χ0) is 29.0. The van der Waals surface area contributed by atoms with Crippen LogP contribution in [0.1, 0.15) is 38.8 Å². The number of amides is 2. The third kappa shape index (κ3) is 7.63. The van der Waals surface area contributed by atoms with E-state index in [1.807, 2.05) is 6.92 Å². The molecule has 3 rings (SSSR count). The van der Waals surface area contributed by atoms with Gasteiger partial charge in [0.1, 0.15) is 24.2 Å². The average molecular weight is 558 g/mol. The Labute approximate surface area is 228 Å². The topological polar surface area (TPSA) is 86.8 Å². The third-order valence-electron chi connectivity index (χ3n) is 5.97. The monoisotopic (exact) mass is 557 g/mol. The van der Waals surface area contributed by atoms with Crippen LogP contribution < -0.4 is 9.62 Å². The molecule has 2 amide bonds. The van der Waals surface area contributed by atoms with E-state index in [1.165, 1.54) is 49.4 Å². The maximum absolute atomic E-state index is 14.6. The summed E-state index contributed by atoms with van der Waals surface area (Å²) in [5, 5.41) is 2.81. The van der Waals surface area contributed by atoms with Gasteiger partial charge in [0.2, 0.25) is 11.8 Å². The zero-order valence-corrected chi connectivity index (χ0v) is 23.4. The smallest absolute Gasteiger partial charge is 0.264 e. The van der Waals surface area contributed by atoms with Gasteiger partial charge in [0.15, 0.2) is 0 Å². The molecule has 0 aliphatic rings. The minimum atomic E-state index is -4.28. The number of aryl methyl sites for hydroxylation is 1. The van der Waals surface area contributed by atoms with Gasteiger partial charge in [-0.05, 0) is 77.1 Å². The van der Waals surface area contributed by atoms with Crippen LogP contribution in [-0.4, -0.2) is 43.3 Å². The van der Waals surface area contributed by atoms with Crippen molar-refractivity contribution in [3.63, 3.8) is 0 Å². The van der Waals surface area contributed by atoms with E-state index in [0.717, 1.165) is 26.9 Å². The molecule has 0 fully saturated rings. The first kappa shape index (κ1) is 29.8. The lowest BCUT2D eigenvalue weighted by atomic mass is 10.1. The Hall–Kier alpha value is -3.79. The van der Waals surface area contributed by atoms with Crippen LogP contribution in [0.15, 0.2) is 77.7 Å². The van der Waals surface area contributed by atoms with E-state index in [-0.39, 0.29) is 22.7 Å². The molecule has 1 atom stereocenters. The molecule has 10 heteroatoms. The van der Waals surface area contributed by atoms with Gasteiger partial charge in [0, 0.05) is 17.6 Å². The van der Waals surface area contributed by atoms with Crippen molar-refractivity contribution < 1.29 is 26.8 Å². The highest BCUT2D eigenvalue weighted by Gasteiger charge is 2.33. The minimum absolute atomic E-state index is 0.0583. The molecular formula is C29H33F2N3O4S. The predicted molar refractivity (Wildman–Crippen MR) is 146 cm³/mol. The van der Waals surface area contributed by atoms with E-state index in [4.69, 9.17) is 0 Å². The van der Waals surface area contributed by atoms with E-state index in [0.29, 0.717) is 0 Å². The van der Waals surface area contributed by atoms with Gasteiger partial charge < -0.3 is 10.2 Å². The first-order chi connectivity index (χ1) is 18.2. The van der Waals surface area contributed by atoms with Crippen LogP contribution >= 0.6 is 0 Å². The molecule has 39 heavy (non-hydrogen) atoms. The number of rotatable bonds is 9. The number of nitrogens with zero attached hydrogens (tertiary/aromatic N) is 2. The molecule has 0 aromatic heterocycles. The standard InChI is InChI=1S/C29H33F2N3O4S/c1-20-10-16-25(17-11-20)39(37,38)34(24-14-12-23(30)13-15-24)19-27(35)33(18-22-8-6-7-9-26(22)31)21(2)28(36)32-29(3,4)5/h6-17,21H,18-19H2,1-5H3,(H,32,36). The molecule has 0 spiro atoms. The molecule has 7 nitrogen and oxygen atoms in total. The fourth-order valence-electron chi connectivity index (χ4n) is 3.84. The van der Waals surface area contributed by atoms with Gasteiger partial charge in [-0.3, -0.25) is 13.9 Å². The summed E-state index contributed by atoms with van der Waals surface area (Å²) in [5.74, 6) is -2.37. The van der Waals surface area contributed by atoms with Crippen LogP contribution in [0.2, 0.25) is 0 Å². The van der Waals surface area contributed by atoms with Crippen molar-refractivity contribution >= 4 is 27.5 Å². The number of hydrogen-bond acceptors (Lipinski definition) is 4. The van der Waals surface area contributed by atoms with Crippen LogP contribution in [0.5, 0.6) is 0 Å². The summed E-state index contributed by atoms with van der Waals surface area (Å²) in [6.45, 7) is 7.68. The Bertz CT molecular complexity index is 1420. The lowest BCUT2D eigenvalue weighted by Gasteiger charge is -2.33. The van der Waals surface area contributed by atoms with Crippen LogP contribution in [0.25, 0.3) is 0 Å². The van der Waals surface area contributed by atoms with E-state index in [9.17, 15) is 26.8 Å². The number of carbonyl (C=O) groups excluding carboxylic acids is 2. The van der Waals surface area contributed by atoms with Crippen molar-refractivity contribution in [3.05, 3.63) is 95.6 Å². The molecule has 3 aromatic carbocycles. The summed E-state index contributed by atoms with van der Waals surface area (Å²) < 4.78 is 56.6. The number of anilines is 1. The number of nitrogens with one attached hydrogen (secondary N) is 1. The van der Waals surface area contributed by atoms with Gasteiger partial charge >= 0.3 is 0 Å². The van der Waals surface area contributed by atoms with Crippen molar-refractivity contribution in [1.82, 2.24) is 10.2 Å². The second-order valence-electron chi connectivity index (χ2n) is 10.3. The summed E-state index contributed by atoms with van der Waals surface area (Å²) in [6.07, 6.45) is 0. The van der Waals surface area contributed by atoms with Crippen molar-refractivity contribution in [2.45, 2.75) is 57.6 Å². The highest BCUT2D eigenvalue weighted by molar-refractivity contribution is 7.92. The van der Waals surface area contributed by atoms with E-state index < -0.39 is 51.6 Å². The van der Waals surface area contributed by atoms with Gasteiger partial charge in [-0.1, -0.05) is 35.9 Å². The highest BCUT2D eigenvalue weighted by Crippen LogP contribution is 2.25. The lowest BCUT2D eigenvalue weighted by Crippen LogP contribution is -2.54. The van der Waals surface area contributed by atoms with Crippen molar-refractivity contribution in [2.24, 2.45) is 0 Å². The summed E-state index contributed by atoms with van der Waals surface area (Å²) in [6, 6.07) is 15.6. The van der Waals surface area contributed by atoms with Crippen LogP contribution in [0.4, 0.5) is 14.5 Å². The third-order valence-corrected chi connectivity index (χ3v) is 7.75. The summed E-state index contributed by atoms with van der Waals surface area (Å²) in [4.78, 5) is 27.9. The van der Waals surface area contributed by atoms with Gasteiger partial charge in [0.25, 0.3) is 10.0 Å². The lowest BCUT2D eigenvalue weighted by molar-refractivity contribution is -0.140. The fraction of sp³-hybridized carbons (Fsp3) is 0.310. The van der Waals surface area contributed by atoms with Crippen LogP contribution in [-0.2, 0) is 26.2 Å². The van der Waals surface area contributed by atoms with Gasteiger partial charge in [-0.25, -0.2) is 17.2 Å². The number of hydrogen-bond donors (Lipinski definition) is 1. The predicted octanol–water partition coefficient (Wildman–Crippen LogP) is 4.80. The van der Waals surface area contributed by atoms with Gasteiger partial charge in [-0.2, -0.15) is 0 Å². The van der Waals surface area contributed by atoms with Crippen LogP contribution in [0, 0.1) is 18.6 Å². The Kier molecular flexibility index (Phi) is 9.11. The second kappa shape index (κ2) is 11.9. The van der Waals surface area contributed by atoms with Crippen molar-refractivity contribution in [2.75, 3.05) is 10.8 Å². The number of sulfonamides is 1.